The highest BCUT2D eigenvalue weighted by Gasteiger charge is 2.15. The molecule has 1 aromatic heterocycles. The van der Waals surface area contributed by atoms with Crippen molar-refractivity contribution >= 4 is 16.3 Å². The lowest BCUT2D eigenvalue weighted by atomic mass is 10.0. The standard InChI is InChI=1S/C14H14N2/c15-12-6-5-10(7-12)14-9-16-8-11-3-1-2-4-13(11)14/h1-4,7-9,12H,5-6,15H2. The molecule has 2 aromatic rings. The number of allylic oxidation sites excluding steroid dienone is 1. The number of aromatic nitrogens is 1. The van der Waals surface area contributed by atoms with Crippen molar-refractivity contribution < 1.29 is 0 Å². The maximum atomic E-state index is 5.91. The van der Waals surface area contributed by atoms with E-state index in [1.165, 1.54) is 21.9 Å². The second kappa shape index (κ2) is 3.72. The van der Waals surface area contributed by atoms with Crippen LogP contribution in [0, 0.1) is 0 Å². The van der Waals surface area contributed by atoms with Crippen molar-refractivity contribution in [2.45, 2.75) is 18.9 Å². The van der Waals surface area contributed by atoms with Crippen LogP contribution >= 0.6 is 0 Å². The molecule has 3 rings (SSSR count). The zero-order chi connectivity index (χ0) is 11.0. The second-order valence-electron chi connectivity index (χ2n) is 4.30. The van der Waals surface area contributed by atoms with Crippen LogP contribution in [0.2, 0.25) is 0 Å². The first kappa shape index (κ1) is 9.55. The lowest BCUT2D eigenvalue weighted by Gasteiger charge is -2.06. The van der Waals surface area contributed by atoms with E-state index in [1.54, 1.807) is 0 Å². The third-order valence-corrected chi connectivity index (χ3v) is 3.18. The lowest BCUT2D eigenvalue weighted by Crippen LogP contribution is -2.11. The van der Waals surface area contributed by atoms with Gasteiger partial charge in [-0.05, 0) is 23.8 Å². The van der Waals surface area contributed by atoms with Gasteiger partial charge in [0.1, 0.15) is 0 Å². The molecule has 0 spiro atoms. The van der Waals surface area contributed by atoms with Crippen LogP contribution in [0.5, 0.6) is 0 Å². The van der Waals surface area contributed by atoms with Crippen LogP contribution in [0.4, 0.5) is 0 Å². The third-order valence-electron chi connectivity index (χ3n) is 3.18. The summed E-state index contributed by atoms with van der Waals surface area (Å²) in [4.78, 5) is 4.30. The fraction of sp³-hybridized carbons (Fsp3) is 0.214. The fourth-order valence-corrected chi connectivity index (χ4v) is 2.34. The Hall–Kier alpha value is -1.67. The summed E-state index contributed by atoms with van der Waals surface area (Å²) in [5.41, 5.74) is 8.50. The molecule has 1 heterocycles. The predicted molar refractivity (Wildman–Crippen MR) is 66.9 cm³/mol. The van der Waals surface area contributed by atoms with Crippen LogP contribution in [0.1, 0.15) is 18.4 Å². The Morgan fingerprint density at radius 3 is 2.88 bits per heavy atom. The zero-order valence-corrected chi connectivity index (χ0v) is 9.06. The molecule has 0 radical (unpaired) electrons. The van der Waals surface area contributed by atoms with Gasteiger partial charge in [-0.15, -0.1) is 0 Å². The Kier molecular flexibility index (Phi) is 2.22. The first-order valence-corrected chi connectivity index (χ1v) is 5.64. The molecule has 0 amide bonds. The van der Waals surface area contributed by atoms with Crippen molar-refractivity contribution in [1.82, 2.24) is 4.98 Å². The van der Waals surface area contributed by atoms with Crippen molar-refractivity contribution in [3.05, 3.63) is 48.3 Å². The number of nitrogens with two attached hydrogens (primary N) is 1. The van der Waals surface area contributed by atoms with Gasteiger partial charge < -0.3 is 5.73 Å². The Labute approximate surface area is 94.8 Å². The summed E-state index contributed by atoms with van der Waals surface area (Å²) in [6, 6.07) is 8.58. The van der Waals surface area contributed by atoms with E-state index in [0.29, 0.717) is 0 Å². The average molecular weight is 210 g/mol. The third kappa shape index (κ3) is 1.51. The van der Waals surface area contributed by atoms with Crippen LogP contribution in [-0.2, 0) is 0 Å². The molecule has 16 heavy (non-hydrogen) atoms. The first-order chi connectivity index (χ1) is 7.84. The smallest absolute Gasteiger partial charge is 0.0349 e. The maximum Gasteiger partial charge on any atom is 0.0349 e. The molecule has 80 valence electrons. The molecule has 2 N–H and O–H groups in total. The number of fused-ring (bicyclic) bond motifs is 1. The summed E-state index contributed by atoms with van der Waals surface area (Å²) in [6.45, 7) is 0. The minimum Gasteiger partial charge on any atom is -0.324 e. The van der Waals surface area contributed by atoms with Crippen LogP contribution in [-0.4, -0.2) is 11.0 Å². The molecule has 0 aliphatic heterocycles. The predicted octanol–water partition coefficient (Wildman–Crippen LogP) is 2.74. The van der Waals surface area contributed by atoms with Gasteiger partial charge in [0, 0.05) is 29.4 Å². The van der Waals surface area contributed by atoms with Gasteiger partial charge in [0.05, 0.1) is 0 Å². The van der Waals surface area contributed by atoms with Crippen LogP contribution in [0.25, 0.3) is 16.3 Å². The lowest BCUT2D eigenvalue weighted by molar-refractivity contribution is 0.782. The topological polar surface area (TPSA) is 38.9 Å². The van der Waals surface area contributed by atoms with E-state index in [0.717, 1.165) is 12.8 Å². The largest absolute Gasteiger partial charge is 0.324 e. The molecule has 1 aliphatic rings. The Balaban J connectivity index is 2.20. The number of nitrogens with zero attached hydrogens (tertiary/aromatic N) is 1. The second-order valence-corrected chi connectivity index (χ2v) is 4.30. The molecular formula is C14H14N2. The van der Waals surface area contributed by atoms with Gasteiger partial charge >= 0.3 is 0 Å². The van der Waals surface area contributed by atoms with Crippen molar-refractivity contribution in [3.8, 4) is 0 Å². The maximum absolute atomic E-state index is 5.91. The Morgan fingerprint density at radius 2 is 2.06 bits per heavy atom. The van der Waals surface area contributed by atoms with E-state index in [9.17, 15) is 0 Å². The quantitative estimate of drug-likeness (QED) is 0.786. The van der Waals surface area contributed by atoms with Crippen molar-refractivity contribution in [3.63, 3.8) is 0 Å². The monoisotopic (exact) mass is 210 g/mol. The average Bonchev–Trinajstić information content (AvgIpc) is 2.75. The SMILES string of the molecule is NC1C=C(c2cncc3ccccc23)CC1. The van der Waals surface area contributed by atoms with Crippen molar-refractivity contribution in [2.75, 3.05) is 0 Å². The van der Waals surface area contributed by atoms with Crippen molar-refractivity contribution in [1.29, 1.82) is 0 Å². The molecule has 2 nitrogen and oxygen atoms in total. The highest BCUT2D eigenvalue weighted by molar-refractivity contribution is 5.93. The Morgan fingerprint density at radius 1 is 1.19 bits per heavy atom. The number of hydrogen-bond acceptors (Lipinski definition) is 2. The molecule has 2 heteroatoms. The first-order valence-electron chi connectivity index (χ1n) is 5.64. The van der Waals surface area contributed by atoms with E-state index >= 15 is 0 Å². The minimum atomic E-state index is 0.217. The molecule has 0 saturated heterocycles. The van der Waals surface area contributed by atoms with Crippen LogP contribution in [0.15, 0.2) is 42.7 Å². The van der Waals surface area contributed by atoms with Crippen LogP contribution < -0.4 is 5.73 Å². The molecule has 1 atom stereocenters. The number of rotatable bonds is 1. The normalized spacial score (nSPS) is 20.1. The summed E-state index contributed by atoms with van der Waals surface area (Å²) in [6.07, 6.45) is 8.15. The summed E-state index contributed by atoms with van der Waals surface area (Å²) < 4.78 is 0. The highest BCUT2D eigenvalue weighted by Crippen LogP contribution is 2.31. The van der Waals surface area contributed by atoms with Crippen molar-refractivity contribution in [2.24, 2.45) is 5.73 Å². The van der Waals surface area contributed by atoms with E-state index in [4.69, 9.17) is 5.73 Å². The zero-order valence-electron chi connectivity index (χ0n) is 9.06. The van der Waals surface area contributed by atoms with Gasteiger partial charge in [0.2, 0.25) is 0 Å². The fourth-order valence-electron chi connectivity index (χ4n) is 2.34. The van der Waals surface area contributed by atoms with Gasteiger partial charge in [-0.25, -0.2) is 0 Å². The Bertz CT molecular complexity index is 552. The summed E-state index contributed by atoms with van der Waals surface area (Å²) in [5, 5.41) is 2.47. The number of pyridine rings is 1. The molecule has 1 aromatic carbocycles. The molecule has 0 bridgehead atoms. The summed E-state index contributed by atoms with van der Waals surface area (Å²) in [7, 11) is 0. The van der Waals surface area contributed by atoms with E-state index < -0.39 is 0 Å². The van der Waals surface area contributed by atoms with Gasteiger partial charge in [-0.2, -0.15) is 0 Å². The summed E-state index contributed by atoms with van der Waals surface area (Å²) in [5.74, 6) is 0. The minimum absolute atomic E-state index is 0.217. The highest BCUT2D eigenvalue weighted by atomic mass is 14.6. The molecular weight excluding hydrogens is 196 g/mol. The van der Waals surface area contributed by atoms with E-state index in [-0.39, 0.29) is 6.04 Å². The van der Waals surface area contributed by atoms with Gasteiger partial charge in [0.25, 0.3) is 0 Å². The van der Waals surface area contributed by atoms with Gasteiger partial charge in [0.15, 0.2) is 0 Å². The molecule has 1 aliphatic carbocycles. The van der Waals surface area contributed by atoms with Gasteiger partial charge in [-0.1, -0.05) is 30.3 Å². The summed E-state index contributed by atoms with van der Waals surface area (Å²) >= 11 is 0. The van der Waals surface area contributed by atoms with E-state index in [1.807, 2.05) is 18.5 Å². The molecule has 0 fully saturated rings. The molecule has 1 unspecified atom stereocenters. The number of hydrogen-bond donors (Lipinski definition) is 1. The van der Waals surface area contributed by atoms with E-state index in [2.05, 4.69) is 29.3 Å². The molecule has 0 saturated carbocycles. The van der Waals surface area contributed by atoms with Gasteiger partial charge in [-0.3, -0.25) is 4.98 Å². The number of benzene rings is 1. The van der Waals surface area contributed by atoms with Crippen LogP contribution in [0.3, 0.4) is 0 Å².